The maximum atomic E-state index is 11.5. The first-order valence-corrected chi connectivity index (χ1v) is 7.23. The molecular formula is C7H8BrClN2O4S. The summed E-state index contributed by atoms with van der Waals surface area (Å²) < 4.78 is 28.3. The van der Waals surface area contributed by atoms with Crippen molar-refractivity contribution in [2.75, 3.05) is 6.61 Å². The number of carbonyl (C=O) groups excluding carboxylic acids is 1. The summed E-state index contributed by atoms with van der Waals surface area (Å²) in [6.07, 6.45) is 0. The minimum absolute atomic E-state index is 0.0766. The summed E-state index contributed by atoms with van der Waals surface area (Å²) in [6, 6.07) is 0. The fraction of sp³-hybridized carbons (Fsp3) is 0.429. The normalized spacial score (nSPS) is 11.5. The Morgan fingerprint density at radius 3 is 2.62 bits per heavy atom. The summed E-state index contributed by atoms with van der Waals surface area (Å²) >= 11 is 2.98. The van der Waals surface area contributed by atoms with Crippen molar-refractivity contribution < 1.29 is 17.9 Å². The highest BCUT2D eigenvalue weighted by Crippen LogP contribution is 2.26. The summed E-state index contributed by atoms with van der Waals surface area (Å²) in [5.41, 5.74) is -0.195. The molecule has 0 aliphatic heterocycles. The lowest BCUT2D eigenvalue weighted by molar-refractivity contribution is 0.0520. The van der Waals surface area contributed by atoms with Crippen LogP contribution in [0.15, 0.2) is 9.63 Å². The van der Waals surface area contributed by atoms with Gasteiger partial charge in [0, 0.05) is 17.7 Å². The molecule has 0 N–H and O–H groups in total. The molecule has 1 aromatic rings. The molecule has 1 aromatic heterocycles. The van der Waals surface area contributed by atoms with E-state index in [-0.39, 0.29) is 21.8 Å². The molecule has 1 rings (SSSR count). The van der Waals surface area contributed by atoms with Crippen LogP contribution in [0.2, 0.25) is 0 Å². The number of nitrogens with zero attached hydrogens (tertiary/aromatic N) is 2. The first-order chi connectivity index (χ1) is 7.29. The van der Waals surface area contributed by atoms with Crippen molar-refractivity contribution in [3.05, 3.63) is 10.2 Å². The number of rotatable bonds is 3. The Hall–Kier alpha value is -0.600. The monoisotopic (exact) mass is 330 g/mol. The van der Waals surface area contributed by atoms with Crippen LogP contribution in [0.3, 0.4) is 0 Å². The highest BCUT2D eigenvalue weighted by Gasteiger charge is 2.30. The first-order valence-electron chi connectivity index (χ1n) is 4.13. The second kappa shape index (κ2) is 4.72. The van der Waals surface area contributed by atoms with E-state index >= 15 is 0 Å². The quantitative estimate of drug-likeness (QED) is 0.616. The Morgan fingerprint density at radius 1 is 1.62 bits per heavy atom. The van der Waals surface area contributed by atoms with Gasteiger partial charge in [-0.15, -0.1) is 0 Å². The predicted octanol–water partition coefficient (Wildman–Crippen LogP) is 1.29. The van der Waals surface area contributed by atoms with Crippen molar-refractivity contribution in [1.29, 1.82) is 0 Å². The van der Waals surface area contributed by atoms with E-state index in [1.165, 1.54) is 7.05 Å². The largest absolute Gasteiger partial charge is 0.462 e. The van der Waals surface area contributed by atoms with E-state index in [9.17, 15) is 13.2 Å². The molecule has 0 bridgehead atoms. The number of ether oxygens (including phenoxy) is 1. The predicted molar refractivity (Wildman–Crippen MR) is 59.9 cm³/mol. The molecule has 0 aliphatic carbocycles. The molecule has 9 heteroatoms. The van der Waals surface area contributed by atoms with Crippen LogP contribution >= 0.6 is 26.6 Å². The van der Waals surface area contributed by atoms with Crippen LogP contribution in [0.25, 0.3) is 0 Å². The van der Waals surface area contributed by atoms with E-state index in [0.717, 1.165) is 4.68 Å². The molecule has 0 unspecified atom stereocenters. The molecule has 6 nitrogen and oxygen atoms in total. The van der Waals surface area contributed by atoms with Gasteiger partial charge >= 0.3 is 5.97 Å². The average molecular weight is 332 g/mol. The highest BCUT2D eigenvalue weighted by atomic mass is 79.9. The number of aryl methyl sites for hydroxylation is 1. The standard InChI is InChI=1S/C7H8BrClN2O4S/c1-3-15-7(12)4-5(8)10-11(2)6(4)16(9,13)14/h3H2,1-2H3. The van der Waals surface area contributed by atoms with Gasteiger partial charge in [0.1, 0.15) is 10.2 Å². The first kappa shape index (κ1) is 13.5. The topological polar surface area (TPSA) is 78.3 Å². The molecule has 90 valence electrons. The third-order valence-electron chi connectivity index (χ3n) is 1.66. The van der Waals surface area contributed by atoms with Gasteiger partial charge in [0.25, 0.3) is 9.05 Å². The molecule has 0 saturated heterocycles. The number of esters is 1. The van der Waals surface area contributed by atoms with E-state index in [0.29, 0.717) is 0 Å². The molecule has 0 fully saturated rings. The van der Waals surface area contributed by atoms with Gasteiger partial charge in [-0.25, -0.2) is 13.2 Å². The molecule has 0 spiro atoms. The van der Waals surface area contributed by atoms with Crippen molar-refractivity contribution in [3.63, 3.8) is 0 Å². The van der Waals surface area contributed by atoms with Crippen molar-refractivity contribution in [3.8, 4) is 0 Å². The Labute approximate surface area is 105 Å². The zero-order valence-electron chi connectivity index (χ0n) is 8.40. The van der Waals surface area contributed by atoms with Crippen LogP contribution < -0.4 is 0 Å². The second-order valence-corrected chi connectivity index (χ2v) is 5.99. The van der Waals surface area contributed by atoms with Gasteiger partial charge < -0.3 is 4.74 Å². The summed E-state index contributed by atoms with van der Waals surface area (Å²) in [6.45, 7) is 1.74. The van der Waals surface area contributed by atoms with Crippen LogP contribution in [-0.2, 0) is 20.8 Å². The average Bonchev–Trinajstić information content (AvgIpc) is 2.40. The van der Waals surface area contributed by atoms with E-state index in [4.69, 9.17) is 15.4 Å². The van der Waals surface area contributed by atoms with Crippen LogP contribution in [0.5, 0.6) is 0 Å². The van der Waals surface area contributed by atoms with Gasteiger partial charge in [0.2, 0.25) is 0 Å². The van der Waals surface area contributed by atoms with Crippen molar-refractivity contribution >= 4 is 41.6 Å². The number of carbonyl (C=O) groups is 1. The van der Waals surface area contributed by atoms with Gasteiger partial charge in [0.15, 0.2) is 5.03 Å². The summed E-state index contributed by atoms with van der Waals surface area (Å²) in [7, 11) is 2.51. The lowest BCUT2D eigenvalue weighted by Crippen LogP contribution is -2.10. The number of aromatic nitrogens is 2. The van der Waals surface area contributed by atoms with Gasteiger partial charge in [-0.05, 0) is 22.9 Å². The summed E-state index contributed by atoms with van der Waals surface area (Å²) in [5, 5.41) is 3.36. The highest BCUT2D eigenvalue weighted by molar-refractivity contribution is 9.10. The Kier molecular flexibility index (Phi) is 3.97. The molecule has 16 heavy (non-hydrogen) atoms. The van der Waals surface area contributed by atoms with Crippen molar-refractivity contribution in [2.45, 2.75) is 11.9 Å². The lowest BCUT2D eigenvalue weighted by atomic mass is 10.4. The maximum absolute atomic E-state index is 11.5. The fourth-order valence-corrected chi connectivity index (χ4v) is 3.16. The van der Waals surface area contributed by atoms with E-state index < -0.39 is 15.0 Å². The van der Waals surface area contributed by atoms with Gasteiger partial charge in [0.05, 0.1) is 6.61 Å². The second-order valence-electron chi connectivity index (χ2n) is 2.75. The van der Waals surface area contributed by atoms with Crippen molar-refractivity contribution in [2.24, 2.45) is 7.05 Å². The smallest absolute Gasteiger partial charge is 0.343 e. The molecule has 0 aromatic carbocycles. The Morgan fingerprint density at radius 2 is 2.19 bits per heavy atom. The minimum Gasteiger partial charge on any atom is -0.462 e. The van der Waals surface area contributed by atoms with Gasteiger partial charge in [-0.2, -0.15) is 5.10 Å². The lowest BCUT2D eigenvalue weighted by Gasteiger charge is -2.02. The summed E-state index contributed by atoms with van der Waals surface area (Å²) in [5.74, 6) is -0.790. The third-order valence-corrected chi connectivity index (χ3v) is 3.59. The minimum atomic E-state index is -4.06. The molecule has 0 radical (unpaired) electrons. The van der Waals surface area contributed by atoms with Crippen LogP contribution in [0.1, 0.15) is 17.3 Å². The molecule has 1 heterocycles. The Bertz CT molecular complexity index is 525. The van der Waals surface area contributed by atoms with E-state index in [1.54, 1.807) is 6.92 Å². The SMILES string of the molecule is CCOC(=O)c1c(Br)nn(C)c1S(=O)(=O)Cl. The van der Waals surface area contributed by atoms with Gasteiger partial charge in [-0.3, -0.25) is 4.68 Å². The zero-order chi connectivity index (χ0) is 12.5. The number of hydrogen-bond donors (Lipinski definition) is 0. The van der Waals surface area contributed by atoms with Crippen molar-refractivity contribution in [1.82, 2.24) is 9.78 Å². The van der Waals surface area contributed by atoms with E-state index in [1.807, 2.05) is 0 Å². The molecule has 0 atom stereocenters. The van der Waals surface area contributed by atoms with Crippen LogP contribution in [0, 0.1) is 0 Å². The Balaban J connectivity index is 3.44. The van der Waals surface area contributed by atoms with Crippen LogP contribution in [-0.4, -0.2) is 30.8 Å². The van der Waals surface area contributed by atoms with Crippen LogP contribution in [0.4, 0.5) is 0 Å². The molecular weight excluding hydrogens is 324 g/mol. The fourth-order valence-electron chi connectivity index (χ4n) is 1.13. The van der Waals surface area contributed by atoms with Gasteiger partial charge in [-0.1, -0.05) is 0 Å². The number of hydrogen-bond acceptors (Lipinski definition) is 5. The molecule has 0 amide bonds. The number of halogens is 2. The zero-order valence-corrected chi connectivity index (χ0v) is 11.6. The summed E-state index contributed by atoms with van der Waals surface area (Å²) in [4.78, 5) is 11.5. The maximum Gasteiger partial charge on any atom is 0.343 e. The molecule has 0 aliphatic rings. The third kappa shape index (κ3) is 2.55. The molecule has 0 saturated carbocycles. The van der Waals surface area contributed by atoms with E-state index in [2.05, 4.69) is 21.0 Å².